The van der Waals surface area contributed by atoms with Crippen LogP contribution in [-0.4, -0.2) is 47.8 Å². The van der Waals surface area contributed by atoms with E-state index in [2.05, 4.69) is 34.6 Å². The molecule has 0 aromatic carbocycles. The quantitative estimate of drug-likeness (QED) is 0.800. The predicted octanol–water partition coefficient (Wildman–Crippen LogP) is 2.92. The average molecular weight is 296 g/mol. The first-order chi connectivity index (χ1) is 9.78. The van der Waals surface area contributed by atoms with Crippen LogP contribution in [0.2, 0.25) is 0 Å². The van der Waals surface area contributed by atoms with E-state index in [0.717, 1.165) is 32.4 Å². The molecule has 1 heterocycles. The second kappa shape index (κ2) is 7.81. The first-order valence-electron chi connectivity index (χ1n) is 8.35. The Kier molecular flexibility index (Phi) is 6.69. The van der Waals surface area contributed by atoms with Crippen LogP contribution in [0.15, 0.2) is 0 Å². The van der Waals surface area contributed by atoms with E-state index in [4.69, 9.17) is 0 Å². The first-order valence-corrected chi connectivity index (χ1v) is 8.35. The Hall–Kier alpha value is -1.06. The summed E-state index contributed by atoms with van der Waals surface area (Å²) in [5.41, 5.74) is 0.0222. The van der Waals surface area contributed by atoms with E-state index < -0.39 is 0 Å². The summed E-state index contributed by atoms with van der Waals surface area (Å²) in [6.07, 6.45) is 3.27. The summed E-state index contributed by atoms with van der Waals surface area (Å²) in [5.74, 6) is 0.631. The van der Waals surface area contributed by atoms with Crippen molar-refractivity contribution in [2.75, 3.05) is 26.2 Å². The molecular weight excluding hydrogens is 264 g/mol. The molecule has 21 heavy (non-hydrogen) atoms. The van der Waals surface area contributed by atoms with Crippen molar-refractivity contribution in [1.29, 1.82) is 0 Å². The maximum atomic E-state index is 12.4. The summed E-state index contributed by atoms with van der Waals surface area (Å²) in [4.78, 5) is 28.6. The van der Waals surface area contributed by atoms with Gasteiger partial charge in [0, 0.05) is 38.5 Å². The third kappa shape index (κ3) is 5.68. The Balaban J connectivity index is 2.58. The maximum absolute atomic E-state index is 12.4. The number of hydrogen-bond acceptors (Lipinski definition) is 2. The average Bonchev–Trinajstić information content (AvgIpc) is 2.63. The molecule has 0 unspecified atom stereocenters. The van der Waals surface area contributed by atoms with Crippen LogP contribution < -0.4 is 0 Å². The zero-order valence-electron chi connectivity index (χ0n) is 14.4. The summed E-state index contributed by atoms with van der Waals surface area (Å²) in [5, 5.41) is 0. The van der Waals surface area contributed by atoms with E-state index in [9.17, 15) is 9.59 Å². The molecule has 0 atom stereocenters. The molecule has 1 saturated heterocycles. The van der Waals surface area contributed by atoms with Crippen molar-refractivity contribution in [1.82, 2.24) is 9.80 Å². The van der Waals surface area contributed by atoms with Crippen molar-refractivity contribution in [3.63, 3.8) is 0 Å². The lowest BCUT2D eigenvalue weighted by molar-refractivity contribution is -0.137. The zero-order chi connectivity index (χ0) is 16.0. The highest BCUT2D eigenvalue weighted by molar-refractivity contribution is 5.79. The van der Waals surface area contributed by atoms with Gasteiger partial charge < -0.3 is 9.80 Å². The minimum atomic E-state index is 0.0222. The molecule has 2 amide bonds. The molecule has 0 aromatic heterocycles. The van der Waals surface area contributed by atoms with Crippen LogP contribution in [0.3, 0.4) is 0 Å². The lowest BCUT2D eigenvalue weighted by atomic mass is 9.91. The lowest BCUT2D eigenvalue weighted by Crippen LogP contribution is -2.40. The van der Waals surface area contributed by atoms with Gasteiger partial charge >= 0.3 is 0 Å². The molecule has 1 aliphatic heterocycles. The SMILES string of the molecule is CCC(CC)C(=O)N1CCCN(C(=O)CC(C)(C)C)CC1. The third-order valence-corrected chi connectivity index (χ3v) is 4.18. The standard InChI is InChI=1S/C17H32N2O2/c1-6-14(7-2)16(21)19-10-8-9-18(11-12-19)15(20)13-17(3,4)5/h14H,6-13H2,1-5H3. The topological polar surface area (TPSA) is 40.6 Å². The molecule has 0 aliphatic carbocycles. The van der Waals surface area contributed by atoms with Gasteiger partial charge in [-0.25, -0.2) is 0 Å². The number of carbonyl (C=O) groups is 2. The fraction of sp³-hybridized carbons (Fsp3) is 0.882. The van der Waals surface area contributed by atoms with Crippen molar-refractivity contribution < 1.29 is 9.59 Å². The van der Waals surface area contributed by atoms with Crippen molar-refractivity contribution in [2.24, 2.45) is 11.3 Å². The summed E-state index contributed by atoms with van der Waals surface area (Å²) in [6, 6.07) is 0. The molecular formula is C17H32N2O2. The Morgan fingerprint density at radius 2 is 1.48 bits per heavy atom. The van der Waals surface area contributed by atoms with Crippen LogP contribution in [0.1, 0.15) is 60.3 Å². The summed E-state index contributed by atoms with van der Waals surface area (Å²) in [6.45, 7) is 13.3. The highest BCUT2D eigenvalue weighted by Gasteiger charge is 2.27. The molecule has 0 radical (unpaired) electrons. The van der Waals surface area contributed by atoms with Gasteiger partial charge in [-0.15, -0.1) is 0 Å². The van der Waals surface area contributed by atoms with E-state index in [-0.39, 0.29) is 23.1 Å². The molecule has 4 heteroatoms. The molecule has 0 N–H and O–H groups in total. The number of hydrogen-bond donors (Lipinski definition) is 0. The number of nitrogens with zero attached hydrogens (tertiary/aromatic N) is 2. The highest BCUT2D eigenvalue weighted by Crippen LogP contribution is 2.21. The van der Waals surface area contributed by atoms with Gasteiger partial charge in [0.1, 0.15) is 0 Å². The summed E-state index contributed by atoms with van der Waals surface area (Å²) >= 11 is 0. The van der Waals surface area contributed by atoms with Crippen LogP contribution in [0, 0.1) is 11.3 Å². The Morgan fingerprint density at radius 3 is 2.00 bits per heavy atom. The second-order valence-electron chi connectivity index (χ2n) is 7.31. The van der Waals surface area contributed by atoms with Crippen molar-refractivity contribution in [3.8, 4) is 0 Å². The summed E-state index contributed by atoms with van der Waals surface area (Å²) in [7, 11) is 0. The Morgan fingerprint density at radius 1 is 0.952 bits per heavy atom. The second-order valence-corrected chi connectivity index (χ2v) is 7.31. The maximum Gasteiger partial charge on any atom is 0.225 e. The fourth-order valence-corrected chi connectivity index (χ4v) is 2.85. The van der Waals surface area contributed by atoms with Gasteiger partial charge in [-0.3, -0.25) is 9.59 Å². The van der Waals surface area contributed by atoms with Crippen molar-refractivity contribution >= 4 is 11.8 Å². The van der Waals surface area contributed by atoms with E-state index in [1.54, 1.807) is 0 Å². The lowest BCUT2D eigenvalue weighted by Gasteiger charge is -2.27. The number of carbonyl (C=O) groups excluding carboxylic acids is 2. The molecule has 0 saturated carbocycles. The highest BCUT2D eigenvalue weighted by atomic mass is 16.2. The van der Waals surface area contributed by atoms with E-state index in [1.807, 2.05) is 9.80 Å². The summed E-state index contributed by atoms with van der Waals surface area (Å²) < 4.78 is 0. The normalized spacial score (nSPS) is 17.0. The molecule has 4 nitrogen and oxygen atoms in total. The zero-order valence-corrected chi connectivity index (χ0v) is 14.4. The monoisotopic (exact) mass is 296 g/mol. The molecule has 1 aliphatic rings. The van der Waals surface area contributed by atoms with Crippen LogP contribution in [0.25, 0.3) is 0 Å². The number of rotatable bonds is 4. The van der Waals surface area contributed by atoms with Crippen LogP contribution >= 0.6 is 0 Å². The van der Waals surface area contributed by atoms with Gasteiger partial charge in [0.05, 0.1) is 0 Å². The van der Waals surface area contributed by atoms with Gasteiger partial charge in [0.2, 0.25) is 11.8 Å². The third-order valence-electron chi connectivity index (χ3n) is 4.18. The van der Waals surface area contributed by atoms with Gasteiger partial charge in [-0.2, -0.15) is 0 Å². The molecule has 1 rings (SSSR count). The largest absolute Gasteiger partial charge is 0.341 e. The van der Waals surface area contributed by atoms with Gasteiger partial charge in [0.25, 0.3) is 0 Å². The minimum Gasteiger partial charge on any atom is -0.341 e. The molecule has 0 spiro atoms. The van der Waals surface area contributed by atoms with Crippen molar-refractivity contribution in [3.05, 3.63) is 0 Å². The van der Waals surface area contributed by atoms with Crippen LogP contribution in [0.4, 0.5) is 0 Å². The van der Waals surface area contributed by atoms with Crippen molar-refractivity contribution in [2.45, 2.75) is 60.3 Å². The Bertz CT molecular complexity index is 356. The van der Waals surface area contributed by atoms with Gasteiger partial charge in [0.15, 0.2) is 0 Å². The van der Waals surface area contributed by atoms with Crippen LogP contribution in [-0.2, 0) is 9.59 Å². The fourth-order valence-electron chi connectivity index (χ4n) is 2.85. The van der Waals surface area contributed by atoms with Gasteiger partial charge in [-0.1, -0.05) is 34.6 Å². The Labute approximate surface area is 129 Å². The van der Waals surface area contributed by atoms with E-state index in [1.165, 1.54) is 0 Å². The number of amides is 2. The van der Waals surface area contributed by atoms with E-state index >= 15 is 0 Å². The van der Waals surface area contributed by atoms with E-state index in [0.29, 0.717) is 19.5 Å². The smallest absolute Gasteiger partial charge is 0.225 e. The molecule has 0 aromatic rings. The predicted molar refractivity (Wildman–Crippen MR) is 85.9 cm³/mol. The first kappa shape index (κ1) is 18.0. The molecule has 122 valence electrons. The van der Waals surface area contributed by atoms with Gasteiger partial charge in [-0.05, 0) is 24.7 Å². The minimum absolute atomic E-state index is 0.0222. The van der Waals surface area contributed by atoms with Crippen LogP contribution in [0.5, 0.6) is 0 Å². The molecule has 0 bridgehead atoms. The molecule has 1 fully saturated rings.